The summed E-state index contributed by atoms with van der Waals surface area (Å²) in [5, 5.41) is 9.03. The summed E-state index contributed by atoms with van der Waals surface area (Å²) in [7, 11) is -3.89. The Morgan fingerprint density at radius 2 is 1.90 bits per heavy atom. The molecular weight excluding hydrogens is 403 g/mol. The maximum Gasteiger partial charge on any atom is 0.279 e. The number of anilines is 1. The quantitative estimate of drug-likeness (QED) is 0.755. The van der Waals surface area contributed by atoms with Crippen molar-refractivity contribution in [3.8, 4) is 0 Å². The zero-order chi connectivity index (χ0) is 15.6. The van der Waals surface area contributed by atoms with Crippen molar-refractivity contribution in [3.63, 3.8) is 0 Å². The molecule has 9 heteroatoms. The number of sulfonamides is 1. The van der Waals surface area contributed by atoms with E-state index in [9.17, 15) is 8.42 Å². The van der Waals surface area contributed by atoms with Crippen LogP contribution in [0, 0.1) is 0 Å². The van der Waals surface area contributed by atoms with E-state index in [4.69, 9.17) is 28.3 Å². The normalized spacial score (nSPS) is 11.4. The Balaban J connectivity index is 2.35. The number of hydrogen-bond acceptors (Lipinski definition) is 4. The molecule has 0 fully saturated rings. The van der Waals surface area contributed by atoms with Crippen molar-refractivity contribution in [1.29, 1.82) is 0 Å². The topological polar surface area (TPSA) is 79.3 Å². The Bertz CT molecular complexity index is 767. The molecule has 0 aliphatic carbocycles. The average molecular weight is 412 g/mol. The fourth-order valence-corrected chi connectivity index (χ4v) is 3.35. The smallest absolute Gasteiger partial charge is 0.279 e. The highest BCUT2D eigenvalue weighted by molar-refractivity contribution is 9.10. The second-order valence-electron chi connectivity index (χ2n) is 3.99. The lowest BCUT2D eigenvalue weighted by atomic mass is 10.3. The molecule has 0 radical (unpaired) electrons. The molecule has 21 heavy (non-hydrogen) atoms. The highest BCUT2D eigenvalue weighted by Crippen LogP contribution is 2.36. The molecule has 112 valence electrons. The van der Waals surface area contributed by atoms with Gasteiger partial charge in [0.15, 0.2) is 5.03 Å². The van der Waals surface area contributed by atoms with E-state index in [2.05, 4.69) is 25.6 Å². The second-order valence-corrected chi connectivity index (χ2v) is 7.23. The molecule has 0 atom stereocenters. The lowest BCUT2D eigenvalue weighted by Gasteiger charge is -2.11. The van der Waals surface area contributed by atoms with Crippen molar-refractivity contribution in [3.05, 3.63) is 50.5 Å². The Labute approximate surface area is 140 Å². The van der Waals surface area contributed by atoms with Crippen LogP contribution in [-0.4, -0.2) is 18.5 Å². The minimum absolute atomic E-state index is 0.0848. The molecule has 2 rings (SSSR count). The SMILES string of the molecule is O=S(=O)(Nc1ccc(Br)c(Cl)c1Cl)c1ccc(CO)cn1. The molecule has 1 aromatic carbocycles. The number of hydrogen-bond donors (Lipinski definition) is 2. The van der Waals surface area contributed by atoms with Gasteiger partial charge in [0.05, 0.1) is 22.3 Å². The number of halogens is 3. The van der Waals surface area contributed by atoms with Crippen LogP contribution >= 0.6 is 39.1 Å². The summed E-state index contributed by atoms with van der Waals surface area (Å²) in [4.78, 5) is 3.79. The molecule has 0 aliphatic rings. The predicted octanol–water partition coefficient (Wildman–Crippen LogP) is 3.44. The first-order valence-corrected chi connectivity index (χ1v) is 8.60. The van der Waals surface area contributed by atoms with Crippen LogP contribution in [0.5, 0.6) is 0 Å². The number of rotatable bonds is 4. The summed E-state index contributed by atoms with van der Waals surface area (Å²) in [6.45, 7) is -0.213. The maximum absolute atomic E-state index is 12.2. The first-order chi connectivity index (χ1) is 9.85. The molecular formula is C12H9BrCl2N2O3S. The molecule has 0 amide bonds. The molecule has 0 bridgehead atoms. The van der Waals surface area contributed by atoms with E-state index in [-0.39, 0.29) is 27.4 Å². The maximum atomic E-state index is 12.2. The molecule has 0 saturated heterocycles. The monoisotopic (exact) mass is 410 g/mol. The van der Waals surface area contributed by atoms with Crippen LogP contribution in [0.2, 0.25) is 10.0 Å². The van der Waals surface area contributed by atoms with E-state index in [0.29, 0.717) is 10.0 Å². The summed E-state index contributed by atoms with van der Waals surface area (Å²) in [6, 6.07) is 5.83. The number of pyridine rings is 1. The van der Waals surface area contributed by atoms with Crippen LogP contribution in [0.15, 0.2) is 40.0 Å². The summed E-state index contributed by atoms with van der Waals surface area (Å²) in [5.74, 6) is 0. The average Bonchev–Trinajstić information content (AvgIpc) is 2.48. The number of benzene rings is 1. The summed E-state index contributed by atoms with van der Waals surface area (Å²) < 4.78 is 27.3. The van der Waals surface area contributed by atoms with Crippen molar-refractivity contribution in [2.75, 3.05) is 4.72 Å². The van der Waals surface area contributed by atoms with Gasteiger partial charge in [-0.25, -0.2) is 4.98 Å². The van der Waals surface area contributed by atoms with Crippen molar-refractivity contribution >= 4 is 54.8 Å². The van der Waals surface area contributed by atoms with E-state index in [1.54, 1.807) is 6.07 Å². The fourth-order valence-electron chi connectivity index (χ4n) is 1.47. The largest absolute Gasteiger partial charge is 0.392 e. The molecule has 1 heterocycles. The van der Waals surface area contributed by atoms with Gasteiger partial charge in [-0.1, -0.05) is 29.3 Å². The molecule has 0 saturated carbocycles. The minimum Gasteiger partial charge on any atom is -0.392 e. The molecule has 0 unspecified atom stereocenters. The molecule has 2 N–H and O–H groups in total. The molecule has 0 aliphatic heterocycles. The third kappa shape index (κ3) is 3.67. The van der Waals surface area contributed by atoms with E-state index in [0.717, 1.165) is 0 Å². The van der Waals surface area contributed by atoms with Crippen LogP contribution in [0.3, 0.4) is 0 Å². The van der Waals surface area contributed by atoms with Gasteiger partial charge in [-0.3, -0.25) is 4.72 Å². The molecule has 5 nitrogen and oxygen atoms in total. The van der Waals surface area contributed by atoms with Crippen LogP contribution in [0.1, 0.15) is 5.56 Å². The lowest BCUT2D eigenvalue weighted by molar-refractivity contribution is 0.281. The summed E-state index contributed by atoms with van der Waals surface area (Å²) in [6.07, 6.45) is 1.28. The van der Waals surface area contributed by atoms with Gasteiger partial charge in [0, 0.05) is 10.7 Å². The number of aliphatic hydroxyl groups is 1. The summed E-state index contributed by atoms with van der Waals surface area (Å²) >= 11 is 15.1. The van der Waals surface area contributed by atoms with Crippen molar-refractivity contribution < 1.29 is 13.5 Å². The van der Waals surface area contributed by atoms with Crippen LogP contribution in [-0.2, 0) is 16.6 Å². The number of aromatic nitrogens is 1. The Kier molecular flexibility index (Phi) is 5.11. The predicted molar refractivity (Wildman–Crippen MR) is 85.1 cm³/mol. The number of nitrogens with one attached hydrogen (secondary N) is 1. The number of nitrogens with zero attached hydrogens (tertiary/aromatic N) is 1. The van der Waals surface area contributed by atoms with E-state index in [1.807, 2.05) is 0 Å². The van der Waals surface area contributed by atoms with Gasteiger partial charge in [-0.15, -0.1) is 0 Å². The van der Waals surface area contributed by atoms with E-state index in [1.165, 1.54) is 24.4 Å². The van der Waals surface area contributed by atoms with Gasteiger partial charge in [-0.05, 0) is 39.7 Å². The van der Waals surface area contributed by atoms with Gasteiger partial charge >= 0.3 is 0 Å². The second kappa shape index (κ2) is 6.50. The van der Waals surface area contributed by atoms with Crippen molar-refractivity contribution in [2.45, 2.75) is 11.6 Å². The Morgan fingerprint density at radius 3 is 2.48 bits per heavy atom. The molecule has 0 spiro atoms. The van der Waals surface area contributed by atoms with Gasteiger partial charge in [0.1, 0.15) is 0 Å². The standard InChI is InChI=1S/C12H9BrCl2N2O3S/c13-8-2-3-9(12(15)11(8)14)17-21(19,20)10-4-1-7(6-18)5-16-10/h1-5,17-18H,6H2. The zero-order valence-electron chi connectivity index (χ0n) is 10.3. The van der Waals surface area contributed by atoms with Crippen LogP contribution in [0.25, 0.3) is 0 Å². The molecule has 2 aromatic rings. The van der Waals surface area contributed by atoms with Crippen LogP contribution < -0.4 is 4.72 Å². The third-order valence-electron chi connectivity index (χ3n) is 2.54. The minimum atomic E-state index is -3.89. The van der Waals surface area contributed by atoms with Crippen molar-refractivity contribution in [1.82, 2.24) is 4.98 Å². The van der Waals surface area contributed by atoms with Crippen LogP contribution in [0.4, 0.5) is 5.69 Å². The zero-order valence-corrected chi connectivity index (χ0v) is 14.3. The Morgan fingerprint density at radius 1 is 1.19 bits per heavy atom. The fraction of sp³-hybridized carbons (Fsp3) is 0.0833. The van der Waals surface area contributed by atoms with E-state index >= 15 is 0 Å². The molecule has 1 aromatic heterocycles. The summed E-state index contributed by atoms with van der Waals surface area (Å²) in [5.41, 5.74) is 0.663. The van der Waals surface area contributed by atoms with Gasteiger partial charge < -0.3 is 5.11 Å². The van der Waals surface area contributed by atoms with Gasteiger partial charge in [0.2, 0.25) is 0 Å². The van der Waals surface area contributed by atoms with Gasteiger partial charge in [0.25, 0.3) is 10.0 Å². The van der Waals surface area contributed by atoms with Crippen molar-refractivity contribution in [2.24, 2.45) is 0 Å². The first-order valence-electron chi connectivity index (χ1n) is 5.57. The van der Waals surface area contributed by atoms with Gasteiger partial charge in [-0.2, -0.15) is 8.42 Å². The van der Waals surface area contributed by atoms with E-state index < -0.39 is 10.0 Å². The lowest BCUT2D eigenvalue weighted by Crippen LogP contribution is -2.15. The number of aliphatic hydroxyl groups excluding tert-OH is 1. The highest BCUT2D eigenvalue weighted by atomic mass is 79.9. The Hall–Kier alpha value is -0.860. The third-order valence-corrected chi connectivity index (χ3v) is 5.59. The highest BCUT2D eigenvalue weighted by Gasteiger charge is 2.18. The first kappa shape index (κ1) is 16.5.